The second-order valence-electron chi connectivity index (χ2n) is 15.6. The fourth-order valence-corrected chi connectivity index (χ4v) is 9.34. The van der Waals surface area contributed by atoms with Crippen molar-refractivity contribution < 1.29 is 8.83 Å². The molecule has 284 valence electrons. The van der Waals surface area contributed by atoms with E-state index >= 15 is 0 Å². The van der Waals surface area contributed by atoms with Crippen molar-refractivity contribution in [2.45, 2.75) is 12.3 Å². The van der Waals surface area contributed by atoms with Gasteiger partial charge in [-0.3, -0.25) is 0 Å². The second-order valence-corrected chi connectivity index (χ2v) is 15.6. The molecule has 1 aliphatic carbocycles. The quantitative estimate of drug-likeness (QED) is 0.151. The van der Waals surface area contributed by atoms with Gasteiger partial charge in [0.05, 0.1) is 11.4 Å². The molecule has 0 saturated heterocycles. The van der Waals surface area contributed by atoms with Crippen molar-refractivity contribution in [2.24, 2.45) is 0 Å². The average Bonchev–Trinajstić information content (AvgIpc) is 3.90. The number of rotatable bonds is 7. The Morgan fingerprint density at radius 1 is 0.383 bits per heavy atom. The van der Waals surface area contributed by atoms with E-state index in [1.165, 1.54) is 16.3 Å². The van der Waals surface area contributed by atoms with Crippen molar-refractivity contribution >= 4 is 99.5 Å². The Balaban J connectivity index is 1.03. The molecule has 0 saturated carbocycles. The molecular weight excluding hydrogens is 733 g/mol. The van der Waals surface area contributed by atoms with Crippen molar-refractivity contribution in [2.75, 3.05) is 9.80 Å². The Hall–Kier alpha value is -7.82. The van der Waals surface area contributed by atoms with Crippen molar-refractivity contribution in [1.29, 1.82) is 0 Å². The van der Waals surface area contributed by atoms with Gasteiger partial charge < -0.3 is 18.6 Å². The number of para-hydroxylation sites is 4. The van der Waals surface area contributed by atoms with Crippen LogP contribution in [0, 0.1) is 0 Å². The lowest BCUT2D eigenvalue weighted by Gasteiger charge is -2.26. The van der Waals surface area contributed by atoms with Gasteiger partial charge in [-0.15, -0.1) is 0 Å². The van der Waals surface area contributed by atoms with Gasteiger partial charge in [-0.2, -0.15) is 0 Å². The summed E-state index contributed by atoms with van der Waals surface area (Å²) in [6, 6.07) is 67.0. The van der Waals surface area contributed by atoms with Gasteiger partial charge in [-0.1, -0.05) is 127 Å². The van der Waals surface area contributed by atoms with Gasteiger partial charge >= 0.3 is 0 Å². The highest BCUT2D eigenvalue weighted by atomic mass is 16.3. The van der Waals surface area contributed by atoms with Crippen molar-refractivity contribution in [3.63, 3.8) is 0 Å². The molecule has 1 aliphatic rings. The fraction of sp³-hybridized carbons (Fsp3) is 0.0357. The fourth-order valence-electron chi connectivity index (χ4n) is 9.34. The molecule has 0 aliphatic heterocycles. The number of nitrogens with zero attached hydrogens (tertiary/aromatic N) is 2. The lowest BCUT2D eigenvalue weighted by Crippen LogP contribution is -2.10. The van der Waals surface area contributed by atoms with E-state index < -0.39 is 0 Å². The summed E-state index contributed by atoms with van der Waals surface area (Å²) < 4.78 is 13.6. The molecular formula is C56H38N2O2. The van der Waals surface area contributed by atoms with Gasteiger partial charge in [0, 0.05) is 61.7 Å². The monoisotopic (exact) mass is 770 g/mol. The van der Waals surface area contributed by atoms with Gasteiger partial charge in [0.1, 0.15) is 16.7 Å². The zero-order chi connectivity index (χ0) is 39.6. The molecule has 0 N–H and O–H groups in total. The van der Waals surface area contributed by atoms with Crippen LogP contribution in [0.2, 0.25) is 0 Å². The smallest absolute Gasteiger partial charge is 0.159 e. The molecule has 2 aromatic heterocycles. The SMILES string of the molecule is C1=CC[C@@H](c2ccc(N(c3ccccc3)c3ccc4c(c3)c3ccccc3c3c5ccc(N(c6ccccc6)c6cccc7c6oc6ccccc67)cc5oc43)cc2)C=C1. The number of anilines is 6. The van der Waals surface area contributed by atoms with Crippen LogP contribution in [0.25, 0.3) is 65.4 Å². The zero-order valence-corrected chi connectivity index (χ0v) is 32.7. The number of furan rings is 2. The summed E-state index contributed by atoms with van der Waals surface area (Å²) in [6.07, 6.45) is 9.85. The first kappa shape index (κ1) is 34.2. The highest BCUT2D eigenvalue weighted by Crippen LogP contribution is 2.47. The highest BCUT2D eigenvalue weighted by Gasteiger charge is 2.23. The standard InChI is InChI=1S/C56H38N2O2/c1-4-15-37(16-5-1)38-27-29-41(30-28-38)57(39-17-6-2-7-18-39)42-31-33-48-50(35-42)44-21-10-11-23-46(44)54-49-34-32-43(36-53(49)60-56(48)54)58(40-19-8-3-9-20-40)51-25-14-24-47-45-22-12-13-26-52(45)59-55(47)51/h1-15,17-37H,16H2/t37-/m0/s1. The van der Waals surface area contributed by atoms with Gasteiger partial charge in [-0.25, -0.2) is 0 Å². The van der Waals surface area contributed by atoms with Crippen molar-refractivity contribution in [1.82, 2.24) is 0 Å². The number of hydrogen-bond donors (Lipinski definition) is 0. The molecule has 0 radical (unpaired) electrons. The van der Waals surface area contributed by atoms with Crippen LogP contribution in [0.4, 0.5) is 34.1 Å². The third kappa shape index (κ3) is 5.53. The number of hydrogen-bond acceptors (Lipinski definition) is 4. The molecule has 2 heterocycles. The Labute approximate surface area is 347 Å². The van der Waals surface area contributed by atoms with Crippen LogP contribution in [-0.4, -0.2) is 0 Å². The lowest BCUT2D eigenvalue weighted by molar-refractivity contribution is 0.668. The normalized spacial score (nSPS) is 14.0. The maximum absolute atomic E-state index is 7.04. The summed E-state index contributed by atoms with van der Waals surface area (Å²) in [5.74, 6) is 0.399. The van der Waals surface area contributed by atoms with Crippen LogP contribution in [-0.2, 0) is 0 Å². The van der Waals surface area contributed by atoms with E-state index in [9.17, 15) is 0 Å². The van der Waals surface area contributed by atoms with E-state index in [0.29, 0.717) is 5.92 Å². The highest BCUT2D eigenvalue weighted by molar-refractivity contribution is 6.30. The van der Waals surface area contributed by atoms with Gasteiger partial charge in [0.25, 0.3) is 0 Å². The minimum absolute atomic E-state index is 0.399. The van der Waals surface area contributed by atoms with Gasteiger partial charge in [-0.05, 0) is 107 Å². The Morgan fingerprint density at radius 3 is 1.75 bits per heavy atom. The third-order valence-corrected chi connectivity index (χ3v) is 12.1. The van der Waals surface area contributed by atoms with Crippen LogP contribution >= 0.6 is 0 Å². The molecule has 1 atom stereocenters. The predicted octanol–water partition coefficient (Wildman–Crippen LogP) is 16.3. The van der Waals surface area contributed by atoms with Crippen LogP contribution in [0.3, 0.4) is 0 Å². The summed E-state index contributed by atoms with van der Waals surface area (Å²) in [5, 5.41) is 8.99. The summed E-state index contributed by atoms with van der Waals surface area (Å²) in [5.41, 5.74) is 11.0. The number of fused-ring (bicyclic) bond motifs is 11. The van der Waals surface area contributed by atoms with Crippen LogP contribution in [0.1, 0.15) is 17.9 Å². The first-order valence-electron chi connectivity index (χ1n) is 20.6. The number of allylic oxidation sites excluding steroid dienone is 4. The average molecular weight is 771 g/mol. The molecule has 12 rings (SSSR count). The maximum Gasteiger partial charge on any atom is 0.159 e. The topological polar surface area (TPSA) is 32.8 Å². The molecule has 0 spiro atoms. The summed E-state index contributed by atoms with van der Waals surface area (Å²) in [7, 11) is 0. The van der Waals surface area contributed by atoms with E-state index in [0.717, 1.165) is 95.2 Å². The van der Waals surface area contributed by atoms with E-state index in [2.05, 4.69) is 210 Å². The molecule has 9 aromatic carbocycles. The van der Waals surface area contributed by atoms with E-state index in [1.54, 1.807) is 0 Å². The van der Waals surface area contributed by atoms with E-state index in [1.807, 2.05) is 12.1 Å². The molecule has 0 amide bonds. The minimum atomic E-state index is 0.399. The van der Waals surface area contributed by atoms with Crippen LogP contribution < -0.4 is 9.80 Å². The van der Waals surface area contributed by atoms with Gasteiger partial charge in [0.2, 0.25) is 0 Å². The Morgan fingerprint density at radius 2 is 0.983 bits per heavy atom. The molecule has 0 fully saturated rings. The Bertz CT molecular complexity index is 3470. The van der Waals surface area contributed by atoms with Crippen molar-refractivity contribution in [3.05, 3.63) is 218 Å². The Kier molecular flexibility index (Phi) is 7.95. The van der Waals surface area contributed by atoms with Crippen LogP contribution in [0.5, 0.6) is 0 Å². The first-order valence-corrected chi connectivity index (χ1v) is 20.6. The first-order chi connectivity index (χ1) is 29.8. The maximum atomic E-state index is 7.04. The van der Waals surface area contributed by atoms with E-state index in [-0.39, 0.29) is 0 Å². The van der Waals surface area contributed by atoms with Gasteiger partial charge in [0.15, 0.2) is 5.58 Å². The largest absolute Gasteiger partial charge is 0.455 e. The molecule has 0 unspecified atom stereocenters. The number of benzene rings is 9. The van der Waals surface area contributed by atoms with Crippen LogP contribution in [0.15, 0.2) is 221 Å². The molecule has 11 aromatic rings. The minimum Gasteiger partial charge on any atom is -0.455 e. The summed E-state index contributed by atoms with van der Waals surface area (Å²) >= 11 is 0. The molecule has 4 nitrogen and oxygen atoms in total. The van der Waals surface area contributed by atoms with E-state index in [4.69, 9.17) is 8.83 Å². The molecule has 0 bridgehead atoms. The predicted molar refractivity (Wildman–Crippen MR) is 251 cm³/mol. The molecule has 60 heavy (non-hydrogen) atoms. The second kappa shape index (κ2) is 13.9. The van der Waals surface area contributed by atoms with Crippen molar-refractivity contribution in [3.8, 4) is 0 Å². The summed E-state index contributed by atoms with van der Waals surface area (Å²) in [6.45, 7) is 0. The molecule has 4 heteroatoms. The zero-order valence-electron chi connectivity index (χ0n) is 32.7. The lowest BCUT2D eigenvalue weighted by atomic mass is 9.92. The third-order valence-electron chi connectivity index (χ3n) is 12.1. The summed E-state index contributed by atoms with van der Waals surface area (Å²) in [4.78, 5) is 4.62.